The number of ether oxygens (including phenoxy) is 1. The van der Waals surface area contributed by atoms with E-state index in [9.17, 15) is 9.90 Å². The summed E-state index contributed by atoms with van der Waals surface area (Å²) in [4.78, 5) is 15.3. The second-order valence-corrected chi connectivity index (χ2v) is 3.50. The molecule has 1 aromatic carbocycles. The Morgan fingerprint density at radius 3 is 2.76 bits per heavy atom. The fraction of sp³-hybridized carbons (Fsp3) is 0.0769. The van der Waals surface area contributed by atoms with E-state index in [1.807, 2.05) is 6.07 Å². The summed E-state index contributed by atoms with van der Waals surface area (Å²) in [7, 11) is 1.32. The van der Waals surface area contributed by atoms with Crippen LogP contribution < -0.4 is 0 Å². The number of benzene rings is 1. The highest BCUT2D eigenvalue weighted by Gasteiger charge is 2.07. The van der Waals surface area contributed by atoms with E-state index in [1.165, 1.54) is 13.3 Å². The largest absolute Gasteiger partial charge is 0.508 e. The Kier molecular flexibility index (Phi) is 3.05. The molecule has 1 aromatic heterocycles. The van der Waals surface area contributed by atoms with E-state index in [-0.39, 0.29) is 5.75 Å². The molecule has 0 bridgehead atoms. The van der Waals surface area contributed by atoms with E-state index < -0.39 is 5.97 Å². The lowest BCUT2D eigenvalue weighted by atomic mass is 10.1. The van der Waals surface area contributed by atoms with Gasteiger partial charge in [-0.25, -0.2) is 4.79 Å². The Labute approximate surface area is 98.5 Å². The van der Waals surface area contributed by atoms with Gasteiger partial charge < -0.3 is 9.84 Å². The van der Waals surface area contributed by atoms with Crippen molar-refractivity contribution >= 4 is 5.97 Å². The molecule has 4 heteroatoms. The molecule has 0 fully saturated rings. The zero-order valence-electron chi connectivity index (χ0n) is 9.25. The molecule has 0 saturated heterocycles. The second kappa shape index (κ2) is 4.65. The molecule has 1 N–H and O–H groups in total. The van der Waals surface area contributed by atoms with E-state index in [1.54, 1.807) is 30.5 Å². The molecule has 0 unspecified atom stereocenters. The Morgan fingerprint density at radius 2 is 2.06 bits per heavy atom. The summed E-state index contributed by atoms with van der Waals surface area (Å²) in [6, 6.07) is 8.43. The van der Waals surface area contributed by atoms with E-state index in [2.05, 4.69) is 9.72 Å². The molecule has 0 spiro atoms. The molecule has 0 amide bonds. The van der Waals surface area contributed by atoms with E-state index in [0.717, 1.165) is 11.1 Å². The first-order valence-electron chi connectivity index (χ1n) is 5.03. The third-order valence-corrected chi connectivity index (χ3v) is 2.34. The Hall–Kier alpha value is -2.36. The van der Waals surface area contributed by atoms with Crippen molar-refractivity contribution in [2.24, 2.45) is 0 Å². The highest BCUT2D eigenvalue weighted by atomic mass is 16.5. The van der Waals surface area contributed by atoms with Crippen LogP contribution in [-0.2, 0) is 4.74 Å². The van der Waals surface area contributed by atoms with Crippen LogP contribution in [-0.4, -0.2) is 23.2 Å². The standard InChI is InChI=1S/C13H11NO3/c1-17-13(16)11-5-10(7-14-8-11)9-3-2-4-12(15)6-9/h2-8,15H,1H3. The van der Waals surface area contributed by atoms with Crippen LogP contribution in [0.1, 0.15) is 10.4 Å². The van der Waals surface area contributed by atoms with Gasteiger partial charge in [0.2, 0.25) is 0 Å². The number of nitrogens with zero attached hydrogens (tertiary/aromatic N) is 1. The number of carbonyl (C=O) groups is 1. The lowest BCUT2D eigenvalue weighted by molar-refractivity contribution is 0.0600. The summed E-state index contributed by atoms with van der Waals surface area (Å²) in [5, 5.41) is 9.39. The minimum atomic E-state index is -0.431. The average molecular weight is 229 g/mol. The van der Waals surface area contributed by atoms with Crippen LogP contribution in [0.2, 0.25) is 0 Å². The van der Waals surface area contributed by atoms with Crippen LogP contribution in [0.4, 0.5) is 0 Å². The first-order chi connectivity index (χ1) is 8.20. The van der Waals surface area contributed by atoms with Crippen molar-refractivity contribution in [2.45, 2.75) is 0 Å². The number of hydrogen-bond donors (Lipinski definition) is 1. The molecule has 86 valence electrons. The van der Waals surface area contributed by atoms with Gasteiger partial charge in [0.25, 0.3) is 0 Å². The molecule has 17 heavy (non-hydrogen) atoms. The molecule has 0 aliphatic carbocycles. The summed E-state index contributed by atoms with van der Waals surface area (Å²) in [5.41, 5.74) is 1.93. The lowest BCUT2D eigenvalue weighted by Crippen LogP contribution is -2.01. The molecule has 2 aromatic rings. The predicted molar refractivity (Wildman–Crippen MR) is 62.7 cm³/mol. The maximum Gasteiger partial charge on any atom is 0.339 e. The zero-order valence-corrected chi connectivity index (χ0v) is 9.25. The monoisotopic (exact) mass is 229 g/mol. The molecule has 0 radical (unpaired) electrons. The number of rotatable bonds is 2. The van der Waals surface area contributed by atoms with Crippen LogP contribution in [0.3, 0.4) is 0 Å². The van der Waals surface area contributed by atoms with Crippen LogP contribution >= 0.6 is 0 Å². The third-order valence-electron chi connectivity index (χ3n) is 2.34. The molecule has 4 nitrogen and oxygen atoms in total. The number of hydrogen-bond acceptors (Lipinski definition) is 4. The van der Waals surface area contributed by atoms with Crippen molar-refractivity contribution in [3.05, 3.63) is 48.3 Å². The summed E-state index contributed by atoms with van der Waals surface area (Å²) in [5.74, 6) is -0.259. The number of carbonyl (C=O) groups excluding carboxylic acids is 1. The molecular weight excluding hydrogens is 218 g/mol. The fourth-order valence-corrected chi connectivity index (χ4v) is 1.51. The smallest absolute Gasteiger partial charge is 0.339 e. The molecule has 1 heterocycles. The second-order valence-electron chi connectivity index (χ2n) is 3.50. The number of methoxy groups -OCH3 is 1. The van der Waals surface area contributed by atoms with Crippen LogP contribution in [0.15, 0.2) is 42.7 Å². The van der Waals surface area contributed by atoms with Gasteiger partial charge in [-0.2, -0.15) is 0 Å². The highest BCUT2D eigenvalue weighted by molar-refractivity contribution is 5.90. The Balaban J connectivity index is 2.43. The zero-order chi connectivity index (χ0) is 12.3. The lowest BCUT2D eigenvalue weighted by Gasteiger charge is -2.04. The number of esters is 1. The van der Waals surface area contributed by atoms with Gasteiger partial charge in [0.1, 0.15) is 5.75 Å². The van der Waals surface area contributed by atoms with Gasteiger partial charge in [-0.3, -0.25) is 4.98 Å². The molecule has 0 aliphatic rings. The van der Waals surface area contributed by atoms with Crippen molar-refractivity contribution in [1.29, 1.82) is 0 Å². The van der Waals surface area contributed by atoms with Gasteiger partial charge in [0.15, 0.2) is 0 Å². The van der Waals surface area contributed by atoms with Gasteiger partial charge >= 0.3 is 5.97 Å². The van der Waals surface area contributed by atoms with Gasteiger partial charge in [0.05, 0.1) is 12.7 Å². The number of aromatic nitrogens is 1. The molecule has 2 rings (SSSR count). The highest BCUT2D eigenvalue weighted by Crippen LogP contribution is 2.23. The summed E-state index contributed by atoms with van der Waals surface area (Å²) >= 11 is 0. The van der Waals surface area contributed by atoms with Crippen molar-refractivity contribution < 1.29 is 14.6 Å². The Morgan fingerprint density at radius 1 is 1.24 bits per heavy atom. The summed E-state index contributed by atoms with van der Waals surface area (Å²) in [6.07, 6.45) is 3.07. The predicted octanol–water partition coefficient (Wildman–Crippen LogP) is 2.24. The normalized spacial score (nSPS) is 9.94. The Bertz CT molecular complexity index is 552. The van der Waals surface area contributed by atoms with Gasteiger partial charge in [-0.05, 0) is 23.8 Å². The maximum absolute atomic E-state index is 11.4. The van der Waals surface area contributed by atoms with Crippen molar-refractivity contribution in [2.75, 3.05) is 7.11 Å². The maximum atomic E-state index is 11.4. The summed E-state index contributed by atoms with van der Waals surface area (Å²) in [6.45, 7) is 0. The minimum absolute atomic E-state index is 0.172. The number of pyridine rings is 1. The van der Waals surface area contributed by atoms with E-state index in [0.29, 0.717) is 5.56 Å². The first kappa shape index (κ1) is 11.1. The average Bonchev–Trinajstić information content (AvgIpc) is 2.38. The molecule has 0 aliphatic heterocycles. The quantitative estimate of drug-likeness (QED) is 0.802. The molecule has 0 atom stereocenters. The molecular formula is C13H11NO3. The van der Waals surface area contributed by atoms with Crippen molar-refractivity contribution in [3.8, 4) is 16.9 Å². The van der Waals surface area contributed by atoms with Gasteiger partial charge in [0, 0.05) is 18.0 Å². The van der Waals surface area contributed by atoms with Crippen molar-refractivity contribution in [1.82, 2.24) is 4.98 Å². The van der Waals surface area contributed by atoms with Crippen molar-refractivity contribution in [3.63, 3.8) is 0 Å². The van der Waals surface area contributed by atoms with Gasteiger partial charge in [-0.1, -0.05) is 12.1 Å². The summed E-state index contributed by atoms with van der Waals surface area (Å²) < 4.78 is 4.62. The van der Waals surface area contributed by atoms with E-state index >= 15 is 0 Å². The number of aromatic hydroxyl groups is 1. The minimum Gasteiger partial charge on any atom is -0.508 e. The van der Waals surface area contributed by atoms with Crippen LogP contribution in [0.25, 0.3) is 11.1 Å². The third kappa shape index (κ3) is 2.42. The molecule has 0 saturated carbocycles. The van der Waals surface area contributed by atoms with Crippen LogP contribution in [0, 0.1) is 0 Å². The fourth-order valence-electron chi connectivity index (χ4n) is 1.51. The van der Waals surface area contributed by atoms with E-state index in [4.69, 9.17) is 0 Å². The van der Waals surface area contributed by atoms with Crippen LogP contribution in [0.5, 0.6) is 5.75 Å². The SMILES string of the molecule is COC(=O)c1cncc(-c2cccc(O)c2)c1. The first-order valence-corrected chi connectivity index (χ1v) is 5.03. The number of phenols is 1. The number of phenolic OH excluding ortho intramolecular Hbond substituents is 1. The van der Waals surface area contributed by atoms with Gasteiger partial charge in [-0.15, -0.1) is 0 Å². The topological polar surface area (TPSA) is 59.4 Å².